The highest BCUT2D eigenvalue weighted by atomic mass is 32.1. The molecule has 0 saturated heterocycles. The van der Waals surface area contributed by atoms with Crippen molar-refractivity contribution in [2.24, 2.45) is 0 Å². The minimum Gasteiger partial charge on any atom is -0.309 e. The van der Waals surface area contributed by atoms with E-state index >= 15 is 0 Å². The number of nitrogens with zero attached hydrogens (tertiary/aromatic N) is 2. The van der Waals surface area contributed by atoms with E-state index in [1.807, 2.05) is 11.3 Å². The standard InChI is InChI=1S/C48H30N2S/c1-3-12-31(13-4-1)32-22-24-33(25-23-32)34-14-11-17-36(28-34)49-42-20-9-7-18-37(42)40-29-41-38-26-27-46-47(39-19-8-10-21-45(39)51-46)48(38)50(44(41)30-43(40)49)35-15-5-2-6-16-35/h1-30H. The van der Waals surface area contributed by atoms with Crippen LogP contribution in [0.25, 0.3) is 97.4 Å². The zero-order valence-corrected chi connectivity index (χ0v) is 28.4. The van der Waals surface area contributed by atoms with Crippen molar-refractivity contribution in [2.75, 3.05) is 0 Å². The Labute approximate surface area is 298 Å². The minimum atomic E-state index is 1.15. The molecule has 0 unspecified atom stereocenters. The molecule has 0 aliphatic heterocycles. The lowest BCUT2D eigenvalue weighted by atomic mass is 10.00. The Morgan fingerprint density at radius 1 is 0.314 bits per heavy atom. The zero-order chi connectivity index (χ0) is 33.5. The molecule has 0 aliphatic rings. The van der Waals surface area contributed by atoms with E-state index in [2.05, 4.69) is 191 Å². The van der Waals surface area contributed by atoms with Gasteiger partial charge >= 0.3 is 0 Å². The van der Waals surface area contributed by atoms with E-state index in [-0.39, 0.29) is 0 Å². The second-order valence-electron chi connectivity index (χ2n) is 13.3. The van der Waals surface area contributed by atoms with Gasteiger partial charge in [0.25, 0.3) is 0 Å². The van der Waals surface area contributed by atoms with E-state index in [9.17, 15) is 0 Å². The van der Waals surface area contributed by atoms with Crippen LogP contribution in [-0.2, 0) is 0 Å². The molecule has 238 valence electrons. The van der Waals surface area contributed by atoms with E-state index in [4.69, 9.17) is 0 Å². The first-order valence-corrected chi connectivity index (χ1v) is 18.3. The molecule has 3 aromatic heterocycles. The highest BCUT2D eigenvalue weighted by molar-refractivity contribution is 7.26. The number of fused-ring (bicyclic) bond motifs is 10. The number of rotatable bonds is 4. The highest BCUT2D eigenvalue weighted by Gasteiger charge is 2.21. The zero-order valence-electron chi connectivity index (χ0n) is 27.6. The average Bonchev–Trinajstić information content (AvgIpc) is 3.85. The van der Waals surface area contributed by atoms with Crippen LogP contribution in [-0.4, -0.2) is 9.13 Å². The molecule has 51 heavy (non-hydrogen) atoms. The van der Waals surface area contributed by atoms with Gasteiger partial charge < -0.3 is 9.13 Å². The number of hydrogen-bond donors (Lipinski definition) is 0. The fourth-order valence-electron chi connectivity index (χ4n) is 8.21. The Morgan fingerprint density at radius 2 is 0.922 bits per heavy atom. The van der Waals surface area contributed by atoms with Gasteiger partial charge in [-0.15, -0.1) is 11.3 Å². The van der Waals surface area contributed by atoms with Crippen molar-refractivity contribution in [1.29, 1.82) is 0 Å². The molecule has 0 atom stereocenters. The maximum Gasteiger partial charge on any atom is 0.0634 e. The van der Waals surface area contributed by atoms with Gasteiger partial charge in [-0.1, -0.05) is 127 Å². The van der Waals surface area contributed by atoms with Gasteiger partial charge in [0, 0.05) is 53.1 Å². The van der Waals surface area contributed by atoms with Crippen LogP contribution in [0.4, 0.5) is 0 Å². The lowest BCUT2D eigenvalue weighted by molar-refractivity contribution is 1.17. The molecule has 2 nitrogen and oxygen atoms in total. The van der Waals surface area contributed by atoms with Crippen molar-refractivity contribution in [3.63, 3.8) is 0 Å². The molecule has 3 heteroatoms. The normalized spacial score (nSPS) is 11.9. The molecule has 0 amide bonds. The predicted octanol–water partition coefficient (Wildman–Crippen LogP) is 13.6. The third-order valence-corrected chi connectivity index (χ3v) is 11.6. The molecule has 8 aromatic carbocycles. The molecular formula is C48H30N2S. The summed E-state index contributed by atoms with van der Waals surface area (Å²) in [5, 5.41) is 7.72. The lowest BCUT2D eigenvalue weighted by Gasteiger charge is -2.12. The number of benzene rings is 8. The van der Waals surface area contributed by atoms with Crippen LogP contribution < -0.4 is 0 Å². The van der Waals surface area contributed by atoms with Crippen molar-refractivity contribution < 1.29 is 0 Å². The summed E-state index contributed by atoms with van der Waals surface area (Å²) in [7, 11) is 0. The summed E-state index contributed by atoms with van der Waals surface area (Å²) >= 11 is 1.88. The first-order chi connectivity index (χ1) is 25.3. The van der Waals surface area contributed by atoms with Crippen LogP contribution in [0, 0.1) is 0 Å². The molecule has 3 heterocycles. The van der Waals surface area contributed by atoms with Gasteiger partial charge in [-0.05, 0) is 76.9 Å². The summed E-state index contributed by atoms with van der Waals surface area (Å²) < 4.78 is 7.59. The topological polar surface area (TPSA) is 9.86 Å². The summed E-state index contributed by atoms with van der Waals surface area (Å²) in [5.41, 5.74) is 12.1. The molecule has 0 fully saturated rings. The predicted molar refractivity (Wildman–Crippen MR) is 219 cm³/mol. The molecule has 0 aliphatic carbocycles. The monoisotopic (exact) mass is 666 g/mol. The van der Waals surface area contributed by atoms with Crippen molar-refractivity contribution in [1.82, 2.24) is 9.13 Å². The number of hydrogen-bond acceptors (Lipinski definition) is 1. The Balaban J connectivity index is 1.19. The Hall–Kier alpha value is -6.42. The van der Waals surface area contributed by atoms with Crippen LogP contribution in [0.2, 0.25) is 0 Å². The number of para-hydroxylation sites is 2. The van der Waals surface area contributed by atoms with E-state index in [0.29, 0.717) is 0 Å². The summed E-state index contributed by atoms with van der Waals surface area (Å²) in [6.07, 6.45) is 0. The molecule has 0 saturated carbocycles. The van der Waals surface area contributed by atoms with Crippen molar-refractivity contribution in [3.05, 3.63) is 182 Å². The molecule has 0 radical (unpaired) electrons. The van der Waals surface area contributed by atoms with Gasteiger partial charge in [0.15, 0.2) is 0 Å². The average molecular weight is 667 g/mol. The fraction of sp³-hybridized carbons (Fsp3) is 0. The molecule has 0 N–H and O–H groups in total. The van der Waals surface area contributed by atoms with Crippen LogP contribution in [0.15, 0.2) is 182 Å². The number of aromatic nitrogens is 2. The second kappa shape index (κ2) is 11.0. The van der Waals surface area contributed by atoms with Gasteiger partial charge in [0.2, 0.25) is 0 Å². The van der Waals surface area contributed by atoms with E-state index in [1.165, 1.54) is 91.7 Å². The summed E-state index contributed by atoms with van der Waals surface area (Å²) in [6, 6.07) is 66.6. The largest absolute Gasteiger partial charge is 0.309 e. The third kappa shape index (κ3) is 4.29. The Morgan fingerprint density at radius 3 is 1.75 bits per heavy atom. The van der Waals surface area contributed by atoms with Crippen molar-refractivity contribution in [3.8, 4) is 33.6 Å². The molecule has 11 aromatic rings. The van der Waals surface area contributed by atoms with Crippen LogP contribution in [0.5, 0.6) is 0 Å². The Bertz CT molecular complexity index is 3110. The van der Waals surface area contributed by atoms with Gasteiger partial charge in [0.05, 0.1) is 22.1 Å². The maximum atomic E-state index is 2.50. The van der Waals surface area contributed by atoms with Crippen LogP contribution in [0.1, 0.15) is 0 Å². The van der Waals surface area contributed by atoms with E-state index in [0.717, 1.165) is 5.69 Å². The van der Waals surface area contributed by atoms with Crippen molar-refractivity contribution in [2.45, 2.75) is 0 Å². The second-order valence-corrected chi connectivity index (χ2v) is 14.4. The SMILES string of the molecule is c1ccc(-c2ccc(-c3cccc(-n4c5ccccc5c5cc6c7ccc8sc9ccccc9c8c7n(-c7ccccc7)c6cc54)c3)cc2)cc1. The highest BCUT2D eigenvalue weighted by Crippen LogP contribution is 2.45. The van der Waals surface area contributed by atoms with E-state index < -0.39 is 0 Å². The van der Waals surface area contributed by atoms with Crippen molar-refractivity contribution >= 4 is 75.1 Å². The van der Waals surface area contributed by atoms with Gasteiger partial charge in [-0.2, -0.15) is 0 Å². The minimum absolute atomic E-state index is 1.15. The third-order valence-electron chi connectivity index (χ3n) is 10.5. The molecule has 0 spiro atoms. The van der Waals surface area contributed by atoms with Crippen LogP contribution >= 0.6 is 11.3 Å². The first kappa shape index (κ1) is 28.4. The first-order valence-electron chi connectivity index (χ1n) is 17.4. The smallest absolute Gasteiger partial charge is 0.0634 e. The van der Waals surface area contributed by atoms with E-state index in [1.54, 1.807) is 0 Å². The quantitative estimate of drug-likeness (QED) is 0.177. The van der Waals surface area contributed by atoms with Gasteiger partial charge in [0.1, 0.15) is 0 Å². The lowest BCUT2D eigenvalue weighted by Crippen LogP contribution is -1.96. The molecule has 0 bridgehead atoms. The van der Waals surface area contributed by atoms with Crippen LogP contribution in [0.3, 0.4) is 0 Å². The summed E-state index contributed by atoms with van der Waals surface area (Å²) in [4.78, 5) is 0. The summed E-state index contributed by atoms with van der Waals surface area (Å²) in [6.45, 7) is 0. The summed E-state index contributed by atoms with van der Waals surface area (Å²) in [5.74, 6) is 0. The fourth-order valence-corrected chi connectivity index (χ4v) is 9.32. The van der Waals surface area contributed by atoms with Gasteiger partial charge in [-0.25, -0.2) is 0 Å². The Kier molecular flexibility index (Phi) is 6.16. The molecular weight excluding hydrogens is 637 g/mol. The van der Waals surface area contributed by atoms with Gasteiger partial charge in [-0.3, -0.25) is 0 Å². The maximum absolute atomic E-state index is 2.50. The molecule has 11 rings (SSSR count). The number of thiophene rings is 1.